The summed E-state index contributed by atoms with van der Waals surface area (Å²) in [6.07, 6.45) is 2.60. The molecule has 2 rings (SSSR count). The Morgan fingerprint density at radius 1 is 1.59 bits per heavy atom. The highest BCUT2D eigenvalue weighted by atomic mass is 79.9. The van der Waals surface area contributed by atoms with Gasteiger partial charge in [0.05, 0.1) is 6.10 Å². The van der Waals surface area contributed by atoms with Crippen molar-refractivity contribution in [1.82, 2.24) is 4.90 Å². The number of carbonyl (C=O) groups is 1. The molecule has 0 aromatic carbocycles. The highest BCUT2D eigenvalue weighted by Gasteiger charge is 2.28. The van der Waals surface area contributed by atoms with Gasteiger partial charge in [-0.2, -0.15) is 0 Å². The molecule has 0 aliphatic heterocycles. The van der Waals surface area contributed by atoms with Crippen LogP contribution in [0.5, 0.6) is 0 Å². The largest absolute Gasteiger partial charge is 0.444 e. The lowest BCUT2D eigenvalue weighted by atomic mass is 10.1. The minimum Gasteiger partial charge on any atom is -0.444 e. The van der Waals surface area contributed by atoms with E-state index in [-0.39, 0.29) is 17.9 Å². The molecule has 0 radical (unpaired) electrons. The Labute approximate surface area is 109 Å². The molecule has 4 nitrogen and oxygen atoms in total. The highest BCUT2D eigenvalue weighted by Crippen LogP contribution is 2.26. The van der Waals surface area contributed by atoms with Crippen LogP contribution in [0.3, 0.4) is 0 Å². The molecule has 1 aliphatic rings. The summed E-state index contributed by atoms with van der Waals surface area (Å²) in [5.74, 6) is 0.379. The zero-order chi connectivity index (χ0) is 12.4. The van der Waals surface area contributed by atoms with Crippen molar-refractivity contribution < 1.29 is 14.3 Å². The normalized spacial score (nSPS) is 23.9. The van der Waals surface area contributed by atoms with Crippen LogP contribution in [0.2, 0.25) is 0 Å². The van der Waals surface area contributed by atoms with Crippen LogP contribution in [0.1, 0.15) is 29.8 Å². The smallest absolute Gasteiger partial charge is 0.289 e. The van der Waals surface area contributed by atoms with E-state index in [2.05, 4.69) is 15.9 Å². The Balaban J connectivity index is 1.95. The molecule has 2 unspecified atom stereocenters. The van der Waals surface area contributed by atoms with E-state index >= 15 is 0 Å². The maximum absolute atomic E-state index is 12.0. The standard InChI is InChI=1S/C12H16BrNO3/c1-14(7-8-3-2-4-9(8)15)12(16)10-5-6-11(13)17-10/h5-6,8-9,15H,2-4,7H2,1H3. The second-order valence-corrected chi connectivity index (χ2v) is 5.33. The van der Waals surface area contributed by atoms with Gasteiger partial charge in [-0.15, -0.1) is 0 Å². The Bertz CT molecular complexity index is 404. The fourth-order valence-electron chi connectivity index (χ4n) is 2.28. The van der Waals surface area contributed by atoms with Crippen LogP contribution in [0.4, 0.5) is 0 Å². The van der Waals surface area contributed by atoms with Crippen molar-refractivity contribution in [1.29, 1.82) is 0 Å². The van der Waals surface area contributed by atoms with Gasteiger partial charge in [-0.25, -0.2) is 0 Å². The maximum Gasteiger partial charge on any atom is 0.289 e. The molecule has 94 valence electrons. The summed E-state index contributed by atoms with van der Waals surface area (Å²) >= 11 is 3.17. The summed E-state index contributed by atoms with van der Waals surface area (Å²) < 4.78 is 5.77. The number of furan rings is 1. The molecule has 0 saturated heterocycles. The highest BCUT2D eigenvalue weighted by molar-refractivity contribution is 9.10. The van der Waals surface area contributed by atoms with E-state index < -0.39 is 0 Å². The molecule has 5 heteroatoms. The van der Waals surface area contributed by atoms with Crippen LogP contribution in [0, 0.1) is 5.92 Å². The lowest BCUT2D eigenvalue weighted by Gasteiger charge is -2.22. The molecular weight excluding hydrogens is 286 g/mol. The van der Waals surface area contributed by atoms with Gasteiger partial charge in [-0.3, -0.25) is 4.79 Å². The minimum absolute atomic E-state index is 0.144. The van der Waals surface area contributed by atoms with Crippen molar-refractivity contribution in [2.75, 3.05) is 13.6 Å². The number of halogens is 1. The summed E-state index contributed by atoms with van der Waals surface area (Å²) in [6.45, 7) is 0.582. The van der Waals surface area contributed by atoms with E-state index in [1.165, 1.54) is 0 Å². The second kappa shape index (κ2) is 5.23. The lowest BCUT2D eigenvalue weighted by Crippen LogP contribution is -2.34. The van der Waals surface area contributed by atoms with E-state index in [0.29, 0.717) is 17.0 Å². The Hall–Kier alpha value is -0.810. The number of nitrogens with zero attached hydrogens (tertiary/aromatic N) is 1. The van der Waals surface area contributed by atoms with Gasteiger partial charge < -0.3 is 14.4 Å². The fourth-order valence-corrected chi connectivity index (χ4v) is 2.59. The Morgan fingerprint density at radius 2 is 2.35 bits per heavy atom. The second-order valence-electron chi connectivity index (χ2n) is 4.55. The average molecular weight is 302 g/mol. The predicted octanol–water partition coefficient (Wildman–Crippen LogP) is 2.28. The van der Waals surface area contributed by atoms with Crippen LogP contribution < -0.4 is 0 Å². The van der Waals surface area contributed by atoms with E-state index in [4.69, 9.17) is 4.42 Å². The molecule has 1 N–H and O–H groups in total. The summed E-state index contributed by atoms with van der Waals surface area (Å²) in [6, 6.07) is 3.35. The van der Waals surface area contributed by atoms with Gasteiger partial charge in [0.1, 0.15) is 0 Å². The summed E-state index contributed by atoms with van der Waals surface area (Å²) in [4.78, 5) is 13.6. The molecule has 1 aliphatic carbocycles. The van der Waals surface area contributed by atoms with E-state index in [0.717, 1.165) is 19.3 Å². The van der Waals surface area contributed by atoms with Crippen molar-refractivity contribution in [3.05, 3.63) is 22.6 Å². The molecule has 1 aromatic heterocycles. The summed E-state index contributed by atoms with van der Waals surface area (Å²) in [5, 5.41) is 9.73. The molecular formula is C12H16BrNO3. The molecule has 1 fully saturated rings. The zero-order valence-corrected chi connectivity index (χ0v) is 11.3. The third kappa shape index (κ3) is 2.90. The Kier molecular flexibility index (Phi) is 3.89. The van der Waals surface area contributed by atoms with Crippen LogP contribution >= 0.6 is 15.9 Å². The van der Waals surface area contributed by atoms with Crippen molar-refractivity contribution in [2.24, 2.45) is 5.92 Å². The molecule has 17 heavy (non-hydrogen) atoms. The van der Waals surface area contributed by atoms with Gasteiger partial charge in [0.15, 0.2) is 10.4 Å². The Morgan fingerprint density at radius 3 is 2.88 bits per heavy atom. The van der Waals surface area contributed by atoms with Gasteiger partial charge >= 0.3 is 0 Å². The first-order chi connectivity index (χ1) is 8.08. The predicted molar refractivity (Wildman–Crippen MR) is 66.7 cm³/mol. The van der Waals surface area contributed by atoms with Gasteiger partial charge in [0, 0.05) is 19.5 Å². The SMILES string of the molecule is CN(CC1CCCC1O)C(=O)c1ccc(Br)o1. The molecule has 1 amide bonds. The number of hydrogen-bond acceptors (Lipinski definition) is 3. The molecule has 0 bridgehead atoms. The third-order valence-electron chi connectivity index (χ3n) is 3.26. The van der Waals surface area contributed by atoms with Gasteiger partial charge in [0.2, 0.25) is 0 Å². The summed E-state index contributed by atoms with van der Waals surface area (Å²) in [5.41, 5.74) is 0. The third-order valence-corrected chi connectivity index (χ3v) is 3.68. The van der Waals surface area contributed by atoms with Crippen LogP contribution in [-0.4, -0.2) is 35.6 Å². The number of aliphatic hydroxyl groups is 1. The van der Waals surface area contributed by atoms with E-state index in [9.17, 15) is 9.90 Å². The van der Waals surface area contributed by atoms with E-state index in [1.54, 1.807) is 24.1 Å². The van der Waals surface area contributed by atoms with Gasteiger partial charge in [-0.1, -0.05) is 6.42 Å². The van der Waals surface area contributed by atoms with Crippen molar-refractivity contribution in [2.45, 2.75) is 25.4 Å². The first-order valence-electron chi connectivity index (χ1n) is 5.77. The van der Waals surface area contributed by atoms with Crippen LogP contribution in [0.25, 0.3) is 0 Å². The molecule has 0 spiro atoms. The molecule has 1 aromatic rings. The number of carbonyl (C=O) groups excluding carboxylic acids is 1. The molecule has 1 heterocycles. The monoisotopic (exact) mass is 301 g/mol. The van der Waals surface area contributed by atoms with Crippen molar-refractivity contribution in [3.8, 4) is 0 Å². The van der Waals surface area contributed by atoms with Crippen molar-refractivity contribution >= 4 is 21.8 Å². The topological polar surface area (TPSA) is 53.7 Å². The average Bonchev–Trinajstić information content (AvgIpc) is 2.88. The number of amides is 1. The zero-order valence-electron chi connectivity index (χ0n) is 9.73. The number of aliphatic hydroxyl groups excluding tert-OH is 1. The summed E-state index contributed by atoms with van der Waals surface area (Å²) in [7, 11) is 1.74. The number of rotatable bonds is 3. The fraction of sp³-hybridized carbons (Fsp3) is 0.583. The van der Waals surface area contributed by atoms with E-state index in [1.807, 2.05) is 0 Å². The lowest BCUT2D eigenvalue weighted by molar-refractivity contribution is 0.0664. The maximum atomic E-state index is 12.0. The molecule has 1 saturated carbocycles. The van der Waals surface area contributed by atoms with Crippen LogP contribution in [0.15, 0.2) is 21.2 Å². The van der Waals surface area contributed by atoms with Gasteiger partial charge in [-0.05, 0) is 40.9 Å². The minimum atomic E-state index is -0.270. The first kappa shape index (κ1) is 12.6. The first-order valence-corrected chi connectivity index (χ1v) is 6.56. The van der Waals surface area contributed by atoms with Crippen molar-refractivity contribution in [3.63, 3.8) is 0 Å². The quantitative estimate of drug-likeness (QED) is 0.932. The molecule has 2 atom stereocenters. The van der Waals surface area contributed by atoms with Gasteiger partial charge in [0.25, 0.3) is 5.91 Å². The van der Waals surface area contributed by atoms with Crippen LogP contribution in [-0.2, 0) is 0 Å². The number of hydrogen-bond donors (Lipinski definition) is 1.